The van der Waals surface area contributed by atoms with Crippen LogP contribution in [0.1, 0.15) is 15.9 Å². The monoisotopic (exact) mass is 174 g/mol. The first kappa shape index (κ1) is 9.01. The number of aromatic hydroxyl groups is 1. The molecule has 0 unspecified atom stereocenters. The molecule has 0 fully saturated rings. The normalized spacial score (nSPS) is 8.31. The zero-order valence-corrected chi connectivity index (χ0v) is 6.65. The summed E-state index contributed by atoms with van der Waals surface area (Å²) in [4.78, 5) is 20.4. The summed E-state index contributed by atoms with van der Waals surface area (Å²) in [5.41, 5.74) is 0.457. The molecule has 0 atom stereocenters. The van der Waals surface area contributed by atoms with Gasteiger partial charge >= 0.3 is 0 Å². The first-order valence-corrected chi connectivity index (χ1v) is 3.52. The standard InChI is InChI=1S/C10H6O3/c11-6-2-4-8-3-1-5-10(13)9(8)7-12/h1,3,5-7,13H. The van der Waals surface area contributed by atoms with Gasteiger partial charge in [0, 0.05) is 5.56 Å². The zero-order chi connectivity index (χ0) is 9.68. The highest BCUT2D eigenvalue weighted by Crippen LogP contribution is 2.17. The number of hydrogen-bond acceptors (Lipinski definition) is 3. The summed E-state index contributed by atoms with van der Waals surface area (Å²) in [6.45, 7) is 0. The quantitative estimate of drug-likeness (QED) is 0.505. The molecule has 13 heavy (non-hydrogen) atoms. The van der Waals surface area contributed by atoms with Crippen molar-refractivity contribution in [3.63, 3.8) is 0 Å². The fraction of sp³-hybridized carbons (Fsp3) is 0. The molecular formula is C10H6O3. The number of carbonyl (C=O) groups is 2. The second-order valence-electron chi connectivity index (χ2n) is 2.24. The molecule has 0 saturated carbocycles. The summed E-state index contributed by atoms with van der Waals surface area (Å²) in [6, 6.07) is 4.49. The van der Waals surface area contributed by atoms with Crippen molar-refractivity contribution in [1.29, 1.82) is 0 Å². The molecule has 1 N–H and O–H groups in total. The Balaban J connectivity index is 3.27. The van der Waals surface area contributed by atoms with E-state index in [2.05, 4.69) is 11.8 Å². The van der Waals surface area contributed by atoms with Crippen molar-refractivity contribution < 1.29 is 14.7 Å². The maximum absolute atomic E-state index is 10.5. The summed E-state index contributed by atoms with van der Waals surface area (Å²) in [5.74, 6) is 4.48. The number of phenolic OH excluding ortho intramolecular Hbond substituents is 1. The molecule has 0 saturated heterocycles. The van der Waals surface area contributed by atoms with Crippen LogP contribution >= 0.6 is 0 Å². The van der Waals surface area contributed by atoms with Gasteiger partial charge in [-0.25, -0.2) is 0 Å². The van der Waals surface area contributed by atoms with Crippen LogP contribution in [0.4, 0.5) is 0 Å². The predicted molar refractivity (Wildman–Crippen MR) is 46.4 cm³/mol. The van der Waals surface area contributed by atoms with Crippen molar-refractivity contribution in [3.05, 3.63) is 29.3 Å². The summed E-state index contributed by atoms with van der Waals surface area (Å²) in [7, 11) is 0. The van der Waals surface area contributed by atoms with Crippen LogP contribution in [0.3, 0.4) is 0 Å². The van der Waals surface area contributed by atoms with E-state index in [1.807, 2.05) is 0 Å². The lowest BCUT2D eigenvalue weighted by Gasteiger charge is -1.97. The van der Waals surface area contributed by atoms with Gasteiger partial charge in [-0.2, -0.15) is 0 Å². The molecule has 0 aliphatic rings. The van der Waals surface area contributed by atoms with Crippen LogP contribution in [0.5, 0.6) is 5.75 Å². The smallest absolute Gasteiger partial charge is 0.193 e. The van der Waals surface area contributed by atoms with Crippen molar-refractivity contribution >= 4 is 12.6 Å². The lowest BCUT2D eigenvalue weighted by molar-refractivity contribution is -0.103. The Kier molecular flexibility index (Phi) is 2.82. The molecular weight excluding hydrogens is 168 g/mol. The zero-order valence-electron chi connectivity index (χ0n) is 6.65. The van der Waals surface area contributed by atoms with Crippen molar-refractivity contribution in [2.45, 2.75) is 0 Å². The number of benzene rings is 1. The summed E-state index contributed by atoms with van der Waals surface area (Å²) >= 11 is 0. The molecule has 0 aliphatic carbocycles. The number of carbonyl (C=O) groups excluding carboxylic acids is 2. The van der Waals surface area contributed by atoms with Gasteiger partial charge in [0.15, 0.2) is 12.6 Å². The minimum Gasteiger partial charge on any atom is -0.507 e. The first-order valence-electron chi connectivity index (χ1n) is 3.52. The van der Waals surface area contributed by atoms with E-state index in [1.54, 1.807) is 12.1 Å². The summed E-state index contributed by atoms with van der Waals surface area (Å²) < 4.78 is 0. The first-order chi connectivity index (χ1) is 6.29. The third-order valence-electron chi connectivity index (χ3n) is 1.47. The van der Waals surface area contributed by atoms with Crippen LogP contribution in [-0.4, -0.2) is 17.7 Å². The predicted octanol–water partition coefficient (Wildman–Crippen LogP) is 0.755. The van der Waals surface area contributed by atoms with Gasteiger partial charge < -0.3 is 5.11 Å². The third-order valence-corrected chi connectivity index (χ3v) is 1.47. The van der Waals surface area contributed by atoms with Crippen LogP contribution < -0.4 is 0 Å². The molecule has 0 bridgehead atoms. The summed E-state index contributed by atoms with van der Waals surface area (Å²) in [6.07, 6.45) is 0.933. The Morgan fingerprint density at radius 1 is 1.31 bits per heavy atom. The van der Waals surface area contributed by atoms with Crippen LogP contribution in [0.2, 0.25) is 0 Å². The van der Waals surface area contributed by atoms with E-state index < -0.39 is 0 Å². The lowest BCUT2D eigenvalue weighted by Crippen LogP contribution is -1.87. The van der Waals surface area contributed by atoms with Gasteiger partial charge in [-0.05, 0) is 18.1 Å². The van der Waals surface area contributed by atoms with E-state index >= 15 is 0 Å². The van der Waals surface area contributed by atoms with E-state index in [1.165, 1.54) is 6.07 Å². The van der Waals surface area contributed by atoms with Crippen LogP contribution in [0, 0.1) is 11.8 Å². The van der Waals surface area contributed by atoms with Gasteiger partial charge in [0.05, 0.1) is 5.56 Å². The van der Waals surface area contributed by atoms with Gasteiger partial charge in [-0.1, -0.05) is 12.0 Å². The second kappa shape index (κ2) is 4.07. The fourth-order valence-electron chi connectivity index (χ4n) is 0.893. The highest BCUT2D eigenvalue weighted by Gasteiger charge is 2.03. The minimum atomic E-state index is -0.132. The largest absolute Gasteiger partial charge is 0.507 e. The Bertz CT molecular complexity index is 396. The Hall–Kier alpha value is -2.08. The maximum Gasteiger partial charge on any atom is 0.193 e. The van der Waals surface area contributed by atoms with Crippen LogP contribution in [0.15, 0.2) is 18.2 Å². The van der Waals surface area contributed by atoms with E-state index in [0.29, 0.717) is 18.1 Å². The van der Waals surface area contributed by atoms with Gasteiger partial charge in [-0.3, -0.25) is 9.59 Å². The molecule has 1 rings (SSSR count). The van der Waals surface area contributed by atoms with E-state index in [-0.39, 0.29) is 11.3 Å². The van der Waals surface area contributed by atoms with Crippen molar-refractivity contribution in [2.24, 2.45) is 0 Å². The topological polar surface area (TPSA) is 54.4 Å². The molecule has 0 radical (unpaired) electrons. The molecule has 0 heterocycles. The number of aldehydes is 2. The number of hydrogen-bond donors (Lipinski definition) is 1. The maximum atomic E-state index is 10.5. The van der Waals surface area contributed by atoms with Gasteiger partial charge in [0.25, 0.3) is 0 Å². The molecule has 64 valence electrons. The number of rotatable bonds is 1. The Labute approximate surface area is 75.0 Å². The van der Waals surface area contributed by atoms with Crippen molar-refractivity contribution in [3.8, 4) is 17.6 Å². The molecule has 0 aromatic heterocycles. The van der Waals surface area contributed by atoms with E-state index in [9.17, 15) is 14.7 Å². The summed E-state index contributed by atoms with van der Waals surface area (Å²) in [5, 5.41) is 9.20. The SMILES string of the molecule is O=CC#Cc1cccc(O)c1C=O. The van der Waals surface area contributed by atoms with Gasteiger partial charge in [0.2, 0.25) is 0 Å². The Morgan fingerprint density at radius 2 is 2.08 bits per heavy atom. The molecule has 0 amide bonds. The lowest BCUT2D eigenvalue weighted by atomic mass is 10.1. The molecule has 1 aromatic rings. The van der Waals surface area contributed by atoms with Crippen LogP contribution in [0.25, 0.3) is 0 Å². The average molecular weight is 174 g/mol. The Morgan fingerprint density at radius 3 is 2.69 bits per heavy atom. The average Bonchev–Trinajstić information content (AvgIpc) is 2.15. The second-order valence-corrected chi connectivity index (χ2v) is 2.24. The fourth-order valence-corrected chi connectivity index (χ4v) is 0.893. The highest BCUT2D eigenvalue weighted by atomic mass is 16.3. The highest BCUT2D eigenvalue weighted by molar-refractivity contribution is 5.84. The molecule has 3 nitrogen and oxygen atoms in total. The molecule has 0 aliphatic heterocycles. The third kappa shape index (κ3) is 1.94. The molecule has 3 heteroatoms. The minimum absolute atomic E-state index is 0.108. The van der Waals surface area contributed by atoms with Gasteiger partial charge in [0.1, 0.15) is 5.75 Å². The van der Waals surface area contributed by atoms with Gasteiger partial charge in [-0.15, -0.1) is 0 Å². The van der Waals surface area contributed by atoms with Crippen molar-refractivity contribution in [2.75, 3.05) is 0 Å². The number of phenols is 1. The van der Waals surface area contributed by atoms with Crippen molar-refractivity contribution in [1.82, 2.24) is 0 Å². The molecule has 0 spiro atoms. The van der Waals surface area contributed by atoms with E-state index in [4.69, 9.17) is 0 Å². The molecule has 1 aromatic carbocycles. The van der Waals surface area contributed by atoms with Crippen LogP contribution in [-0.2, 0) is 4.79 Å². The van der Waals surface area contributed by atoms with E-state index in [0.717, 1.165) is 0 Å².